The van der Waals surface area contributed by atoms with Crippen molar-refractivity contribution in [3.8, 4) is 0 Å². The van der Waals surface area contributed by atoms with Gasteiger partial charge in [0.2, 0.25) is 0 Å². The van der Waals surface area contributed by atoms with Crippen LogP contribution in [0, 0.1) is 13.8 Å². The number of aryl methyl sites for hydroxylation is 2. The van der Waals surface area contributed by atoms with Gasteiger partial charge in [0.25, 0.3) is 0 Å². The molecule has 2 rings (SSSR count). The molecular formula is C18H21NO2. The van der Waals surface area contributed by atoms with E-state index in [1.807, 2.05) is 30.3 Å². The summed E-state index contributed by atoms with van der Waals surface area (Å²) in [6, 6.07) is 15.5. The lowest BCUT2D eigenvalue weighted by Gasteiger charge is -2.17. The second-order valence-electron chi connectivity index (χ2n) is 5.17. The Kier molecular flexibility index (Phi) is 5.12. The summed E-state index contributed by atoms with van der Waals surface area (Å²) in [5.74, 6) is -0.273. The van der Waals surface area contributed by atoms with E-state index in [0.717, 1.165) is 11.1 Å². The van der Waals surface area contributed by atoms with Crippen molar-refractivity contribution < 1.29 is 9.53 Å². The lowest BCUT2D eigenvalue weighted by atomic mass is 10.0. The lowest BCUT2D eigenvalue weighted by Crippen LogP contribution is -2.29. The minimum absolute atomic E-state index is 0.273. The third-order valence-corrected chi connectivity index (χ3v) is 3.65. The smallest absolute Gasteiger partial charge is 0.327 e. The molecule has 0 aliphatic heterocycles. The summed E-state index contributed by atoms with van der Waals surface area (Å²) in [5, 5.41) is 3.28. The highest BCUT2D eigenvalue weighted by Crippen LogP contribution is 2.16. The zero-order valence-corrected chi connectivity index (χ0v) is 12.7. The Hall–Kier alpha value is -2.13. The predicted octanol–water partition coefficient (Wildman–Crippen LogP) is 3.31. The van der Waals surface area contributed by atoms with Gasteiger partial charge >= 0.3 is 5.97 Å². The van der Waals surface area contributed by atoms with Crippen molar-refractivity contribution in [2.45, 2.75) is 26.4 Å². The monoisotopic (exact) mass is 283 g/mol. The summed E-state index contributed by atoms with van der Waals surface area (Å²) in [5.41, 5.74) is 4.59. The van der Waals surface area contributed by atoms with Gasteiger partial charge in [-0.3, -0.25) is 5.32 Å². The van der Waals surface area contributed by atoms with Crippen LogP contribution in [-0.4, -0.2) is 13.1 Å². The van der Waals surface area contributed by atoms with Gasteiger partial charge < -0.3 is 4.74 Å². The van der Waals surface area contributed by atoms with Crippen molar-refractivity contribution >= 4 is 5.97 Å². The van der Waals surface area contributed by atoms with Gasteiger partial charge in [0.05, 0.1) is 7.11 Å². The average Bonchev–Trinajstić information content (AvgIpc) is 2.51. The molecule has 0 saturated carbocycles. The zero-order valence-electron chi connectivity index (χ0n) is 12.7. The van der Waals surface area contributed by atoms with Gasteiger partial charge in [-0.2, -0.15) is 0 Å². The quantitative estimate of drug-likeness (QED) is 0.856. The van der Waals surface area contributed by atoms with Gasteiger partial charge in [0, 0.05) is 6.54 Å². The SMILES string of the molecule is COC(=O)C(NCc1ccc(C)c(C)c1)c1ccccc1. The number of hydrogen-bond donors (Lipinski definition) is 1. The summed E-state index contributed by atoms with van der Waals surface area (Å²) >= 11 is 0. The highest BCUT2D eigenvalue weighted by Gasteiger charge is 2.20. The van der Waals surface area contributed by atoms with Crippen molar-refractivity contribution in [2.24, 2.45) is 0 Å². The highest BCUT2D eigenvalue weighted by molar-refractivity contribution is 5.77. The van der Waals surface area contributed by atoms with Gasteiger partial charge in [-0.05, 0) is 36.1 Å². The normalized spacial score (nSPS) is 12.0. The average molecular weight is 283 g/mol. The van der Waals surface area contributed by atoms with Crippen molar-refractivity contribution in [1.29, 1.82) is 0 Å². The molecule has 0 fully saturated rings. The van der Waals surface area contributed by atoms with Crippen molar-refractivity contribution in [3.63, 3.8) is 0 Å². The Bertz CT molecular complexity index is 608. The van der Waals surface area contributed by atoms with E-state index in [1.54, 1.807) is 0 Å². The molecule has 0 saturated heterocycles. The topological polar surface area (TPSA) is 38.3 Å². The molecule has 0 heterocycles. The summed E-state index contributed by atoms with van der Waals surface area (Å²) < 4.78 is 4.90. The first-order valence-electron chi connectivity index (χ1n) is 7.04. The standard InChI is InChI=1S/C18H21NO2/c1-13-9-10-15(11-14(13)2)12-19-17(18(20)21-3)16-7-5-4-6-8-16/h4-11,17,19H,12H2,1-3H3. The van der Waals surface area contributed by atoms with Crippen LogP contribution in [0.25, 0.3) is 0 Å². The molecule has 0 spiro atoms. The fourth-order valence-corrected chi connectivity index (χ4v) is 2.23. The number of hydrogen-bond acceptors (Lipinski definition) is 3. The fraction of sp³-hybridized carbons (Fsp3) is 0.278. The molecule has 3 nitrogen and oxygen atoms in total. The van der Waals surface area contributed by atoms with E-state index < -0.39 is 6.04 Å². The summed E-state index contributed by atoms with van der Waals surface area (Å²) in [6.45, 7) is 4.80. The fourth-order valence-electron chi connectivity index (χ4n) is 2.23. The second-order valence-corrected chi connectivity index (χ2v) is 5.17. The first-order valence-corrected chi connectivity index (χ1v) is 7.04. The second kappa shape index (κ2) is 7.04. The lowest BCUT2D eigenvalue weighted by molar-refractivity contribution is -0.143. The van der Waals surface area contributed by atoms with Crippen LogP contribution in [-0.2, 0) is 16.1 Å². The Morgan fingerprint density at radius 2 is 1.81 bits per heavy atom. The Balaban J connectivity index is 2.12. The van der Waals surface area contributed by atoms with E-state index in [-0.39, 0.29) is 5.97 Å². The van der Waals surface area contributed by atoms with Gasteiger partial charge in [0.15, 0.2) is 0 Å². The van der Waals surface area contributed by atoms with Crippen LogP contribution in [0.15, 0.2) is 48.5 Å². The first-order chi connectivity index (χ1) is 10.1. The molecule has 0 aliphatic rings. The molecule has 1 N–H and O–H groups in total. The van der Waals surface area contributed by atoms with Gasteiger partial charge in [-0.1, -0.05) is 48.5 Å². The van der Waals surface area contributed by atoms with Crippen molar-refractivity contribution in [1.82, 2.24) is 5.32 Å². The largest absolute Gasteiger partial charge is 0.468 e. The molecule has 0 radical (unpaired) electrons. The van der Waals surface area contributed by atoms with Crippen LogP contribution >= 0.6 is 0 Å². The molecule has 1 atom stereocenters. The molecule has 1 unspecified atom stereocenters. The van der Waals surface area contributed by atoms with E-state index in [4.69, 9.17) is 4.74 Å². The molecule has 2 aromatic carbocycles. The maximum atomic E-state index is 12.0. The third kappa shape index (κ3) is 3.92. The van der Waals surface area contributed by atoms with Crippen LogP contribution in [0.1, 0.15) is 28.3 Å². The maximum absolute atomic E-state index is 12.0. The zero-order chi connectivity index (χ0) is 15.2. The molecule has 110 valence electrons. The summed E-state index contributed by atoms with van der Waals surface area (Å²) in [4.78, 5) is 12.0. The van der Waals surface area contributed by atoms with Gasteiger partial charge in [-0.25, -0.2) is 4.79 Å². The van der Waals surface area contributed by atoms with Crippen LogP contribution in [0.3, 0.4) is 0 Å². The van der Waals surface area contributed by atoms with Gasteiger partial charge in [-0.15, -0.1) is 0 Å². The summed E-state index contributed by atoms with van der Waals surface area (Å²) in [7, 11) is 1.41. The molecule has 0 amide bonds. The third-order valence-electron chi connectivity index (χ3n) is 3.65. The van der Waals surface area contributed by atoms with Crippen LogP contribution in [0.4, 0.5) is 0 Å². The number of esters is 1. The molecule has 0 aliphatic carbocycles. The molecule has 3 heteroatoms. The van der Waals surface area contributed by atoms with E-state index in [1.165, 1.54) is 18.2 Å². The van der Waals surface area contributed by atoms with Crippen LogP contribution < -0.4 is 5.32 Å². The molecule has 21 heavy (non-hydrogen) atoms. The van der Waals surface area contributed by atoms with Crippen molar-refractivity contribution in [2.75, 3.05) is 7.11 Å². The van der Waals surface area contributed by atoms with Crippen molar-refractivity contribution in [3.05, 3.63) is 70.8 Å². The Labute approximate surface area is 126 Å². The van der Waals surface area contributed by atoms with E-state index in [0.29, 0.717) is 6.54 Å². The van der Waals surface area contributed by atoms with Crippen LogP contribution in [0.5, 0.6) is 0 Å². The van der Waals surface area contributed by atoms with Crippen LogP contribution in [0.2, 0.25) is 0 Å². The Morgan fingerprint density at radius 3 is 2.43 bits per heavy atom. The number of rotatable bonds is 5. The molecular weight excluding hydrogens is 262 g/mol. The number of carbonyl (C=O) groups excluding carboxylic acids is 1. The maximum Gasteiger partial charge on any atom is 0.327 e. The summed E-state index contributed by atoms with van der Waals surface area (Å²) in [6.07, 6.45) is 0. The first kappa shape index (κ1) is 15.3. The molecule has 2 aromatic rings. The van der Waals surface area contributed by atoms with E-state index in [9.17, 15) is 4.79 Å². The Morgan fingerprint density at radius 1 is 1.10 bits per heavy atom. The molecule has 0 bridgehead atoms. The minimum atomic E-state index is -0.446. The number of benzene rings is 2. The predicted molar refractivity (Wildman–Crippen MR) is 84.0 cm³/mol. The number of ether oxygens (including phenoxy) is 1. The number of carbonyl (C=O) groups is 1. The molecule has 0 aromatic heterocycles. The van der Waals surface area contributed by atoms with Gasteiger partial charge in [0.1, 0.15) is 6.04 Å². The van der Waals surface area contributed by atoms with E-state index in [2.05, 4.69) is 37.4 Å². The minimum Gasteiger partial charge on any atom is -0.468 e. The van der Waals surface area contributed by atoms with E-state index >= 15 is 0 Å². The number of nitrogens with one attached hydrogen (secondary N) is 1. The highest BCUT2D eigenvalue weighted by atomic mass is 16.5. The number of methoxy groups -OCH3 is 1.